The largest absolute Gasteiger partial charge is 0.414 e. The molecule has 3 aliphatic rings. The zero-order valence-corrected chi connectivity index (χ0v) is 41.5. The van der Waals surface area contributed by atoms with Gasteiger partial charge in [-0.3, -0.25) is 18.4 Å². The number of nitrogens with one attached hydrogen (secondary N) is 1. The average Bonchev–Trinajstić information content (AvgIpc) is 3.92. The summed E-state index contributed by atoms with van der Waals surface area (Å²) in [6.07, 6.45) is -5.90. The van der Waals surface area contributed by atoms with Crippen LogP contribution in [0.25, 0.3) is 22.2 Å². The van der Waals surface area contributed by atoms with Gasteiger partial charge in [0, 0.05) is 6.20 Å². The van der Waals surface area contributed by atoms with Crippen LogP contribution in [-0.4, -0.2) is 106 Å². The van der Waals surface area contributed by atoms with Gasteiger partial charge in [0.1, 0.15) is 47.8 Å². The Hall–Kier alpha value is -1.36. The summed E-state index contributed by atoms with van der Waals surface area (Å²) >= 11 is 21.6. The van der Waals surface area contributed by atoms with Crippen LogP contribution in [-0.2, 0) is 52.5 Å². The molecule has 3 aliphatic heterocycles. The lowest BCUT2D eigenvalue weighted by molar-refractivity contribution is -0.0547. The molecular weight excluding hydrogens is 953 g/mol. The van der Waals surface area contributed by atoms with Crippen LogP contribution < -0.4 is 11.3 Å². The molecule has 0 spiro atoms. The van der Waals surface area contributed by atoms with E-state index in [1.54, 1.807) is 0 Å². The predicted octanol–water partition coefficient (Wildman–Crippen LogP) is 6.86. The number of nitrogens with zero attached hydrogens (tertiary/aromatic N) is 6. The second-order valence-electron chi connectivity index (χ2n) is 16.4. The first-order chi connectivity index (χ1) is 28.5. The molecule has 4 N–H and O–H groups in total. The molecule has 28 heteroatoms. The second-order valence-corrected chi connectivity index (χ2v) is 33.6. The van der Waals surface area contributed by atoms with Crippen molar-refractivity contribution in [1.82, 2.24) is 34.1 Å². The Balaban J connectivity index is 1.32. The van der Waals surface area contributed by atoms with Gasteiger partial charge in [-0.25, -0.2) is 28.9 Å². The number of alkyl halides is 1. The van der Waals surface area contributed by atoms with Crippen molar-refractivity contribution in [2.24, 2.45) is 0 Å². The molecule has 4 aromatic rings. The number of nitrogens with two attached hydrogens (primary N) is 1. The average molecular weight is 1000 g/mol. The fourth-order valence-electron chi connectivity index (χ4n) is 8.07. The number of rotatable bonds is 10. The first-order valence-corrected chi connectivity index (χ1v) is 30.4. The number of thiol groups is 2. The number of H-pyrrole nitrogens is 1. The zero-order valence-electron chi connectivity index (χ0n) is 34.4. The van der Waals surface area contributed by atoms with E-state index in [2.05, 4.69) is 37.2 Å². The van der Waals surface area contributed by atoms with Gasteiger partial charge in [-0.15, -0.1) is 0 Å². The van der Waals surface area contributed by atoms with Gasteiger partial charge in [-0.05, 0) is 34.0 Å². The van der Waals surface area contributed by atoms with Gasteiger partial charge >= 0.3 is 23.9 Å². The van der Waals surface area contributed by atoms with Crippen LogP contribution >= 0.6 is 48.6 Å². The predicted molar refractivity (Wildman–Crippen MR) is 239 cm³/mol. The summed E-state index contributed by atoms with van der Waals surface area (Å²) in [7, 11) is -7.12. The summed E-state index contributed by atoms with van der Waals surface area (Å²) < 4.78 is 85.7. The van der Waals surface area contributed by atoms with Gasteiger partial charge in [-0.1, -0.05) is 91.5 Å². The van der Waals surface area contributed by atoms with E-state index in [0.29, 0.717) is 0 Å². The summed E-state index contributed by atoms with van der Waals surface area (Å²) in [6.45, 7) is 10.1. The maximum absolute atomic E-state index is 16.6. The molecule has 7 rings (SSSR count). The maximum atomic E-state index is 16.6. The van der Waals surface area contributed by atoms with Crippen LogP contribution in [0, 0.1) is 0 Å². The Bertz CT molecular complexity index is 2410. The first kappa shape index (κ1) is 47.6. The number of halogens is 2. The third-order valence-corrected chi connectivity index (χ3v) is 25.1. The number of fused-ring (bicyclic) bond motifs is 5. The van der Waals surface area contributed by atoms with E-state index < -0.39 is 97.5 Å². The molecule has 0 saturated carbocycles. The molecule has 7 heterocycles. The van der Waals surface area contributed by atoms with Gasteiger partial charge in [-0.2, -0.15) is 0 Å². The van der Waals surface area contributed by atoms with Gasteiger partial charge in [0.2, 0.25) is 5.69 Å². The van der Waals surface area contributed by atoms with Crippen LogP contribution in [0.15, 0.2) is 30.0 Å². The Morgan fingerprint density at radius 2 is 1.61 bits per heavy atom. The molecule has 3 fully saturated rings. The Morgan fingerprint density at radius 3 is 2.26 bits per heavy atom. The minimum atomic E-state index is -4.50. The van der Waals surface area contributed by atoms with Crippen molar-refractivity contribution >= 4 is 106 Å². The standard InChI is InChI=1S/C33H50ClFN8O11P2S3Si2/c1-15(2)60(46,16(3)4)54-61(17(5)6,18(7)8)53-26-21-10-47-55(45,57)51-25-20(49-32(23(25)35)43-14-41-24-28(36)37-12-39-30(24)43)11-48-56(58,59)52-27(26)33(50-21)42-9-19(34)22-29(42)38-13-40-31(22)44/h9,12-18,20-21,23,25-27,32-33,46H,10-11H2,1-8H3,(H,45,57)(H,58,59)(H2,36,37,39)(H,38,40,44)/t20-,21-,23-,25-,26-,27-,32-,33-,55?/m1/s1. The van der Waals surface area contributed by atoms with E-state index in [1.165, 1.54) is 34.3 Å². The molecule has 2 unspecified atom stereocenters. The highest BCUT2D eigenvalue weighted by atomic mass is 35.5. The number of aromatic nitrogens is 7. The van der Waals surface area contributed by atoms with E-state index in [1.807, 2.05) is 55.4 Å². The molecular formula is C33H50ClFN8O11P2S3Si2. The topological polar surface area (TPSA) is 231 Å². The van der Waals surface area contributed by atoms with Gasteiger partial charge in [0.15, 0.2) is 35.7 Å². The Kier molecular flexibility index (Phi) is 13.9. The zero-order chi connectivity index (χ0) is 44.6. The molecule has 0 amide bonds. The van der Waals surface area contributed by atoms with Crippen molar-refractivity contribution in [2.45, 2.75) is 127 Å². The fraction of sp³-hybridized carbons (Fsp3) is 0.667. The highest BCUT2D eigenvalue weighted by molar-refractivity contribution is 8.60. The van der Waals surface area contributed by atoms with Crippen molar-refractivity contribution < 1.29 is 49.9 Å². The van der Waals surface area contributed by atoms with Crippen molar-refractivity contribution in [3.63, 3.8) is 0 Å². The number of hydrogen-bond acceptors (Lipinski definition) is 17. The summed E-state index contributed by atoms with van der Waals surface area (Å²) in [5.74, 6) is 0.0709. The van der Waals surface area contributed by atoms with Gasteiger partial charge in [0.05, 0.1) is 30.9 Å². The van der Waals surface area contributed by atoms with Crippen LogP contribution in [0.5, 0.6) is 0 Å². The lowest BCUT2D eigenvalue weighted by atomic mass is 10.1. The molecule has 3 saturated heterocycles. The normalized spacial score (nSPS) is 32.0. The summed E-state index contributed by atoms with van der Waals surface area (Å²) in [4.78, 5) is 44.6. The fourth-order valence-corrected chi connectivity index (χ4v) is 21.7. The number of anilines is 1. The van der Waals surface area contributed by atoms with Crippen LogP contribution in [0.1, 0.15) is 67.8 Å². The Morgan fingerprint density at radius 1 is 0.951 bits per heavy atom. The van der Waals surface area contributed by atoms with E-state index in [4.69, 9.17) is 77.5 Å². The number of hydrogen-bond donors (Lipinski definition) is 5. The maximum Gasteiger partial charge on any atom is 0.386 e. The monoisotopic (exact) mass is 1000 g/mol. The third-order valence-electron chi connectivity index (χ3n) is 11.3. The number of aromatic amines is 1. The van der Waals surface area contributed by atoms with Gasteiger partial charge in [0.25, 0.3) is 5.56 Å². The highest BCUT2D eigenvalue weighted by Gasteiger charge is 2.60. The van der Waals surface area contributed by atoms with Crippen LogP contribution in [0.3, 0.4) is 0 Å². The van der Waals surface area contributed by atoms with Crippen LogP contribution in [0.2, 0.25) is 27.2 Å². The minimum Gasteiger partial charge on any atom is -0.414 e. The van der Waals surface area contributed by atoms with E-state index in [9.17, 15) is 14.2 Å². The third kappa shape index (κ3) is 8.99. The lowest BCUT2D eigenvalue weighted by Gasteiger charge is -2.47. The minimum absolute atomic E-state index is 0.0639. The van der Waals surface area contributed by atoms with Crippen molar-refractivity contribution in [3.05, 3.63) is 40.6 Å². The lowest BCUT2D eigenvalue weighted by Crippen LogP contribution is -2.62. The van der Waals surface area contributed by atoms with E-state index >= 15 is 4.39 Å². The molecule has 61 heavy (non-hydrogen) atoms. The number of nitrogen functional groups attached to an aromatic ring is 1. The number of imidazole rings is 1. The van der Waals surface area contributed by atoms with Gasteiger partial charge < -0.3 is 47.1 Å². The molecule has 0 aliphatic carbocycles. The van der Waals surface area contributed by atoms with Crippen molar-refractivity contribution in [1.29, 1.82) is 0 Å². The molecule has 0 aromatic carbocycles. The van der Waals surface area contributed by atoms with E-state index in [-0.39, 0.29) is 55.2 Å². The summed E-state index contributed by atoms with van der Waals surface area (Å²) in [6, 6.07) is 0. The molecule has 338 valence electrons. The molecule has 10 atom stereocenters. The van der Waals surface area contributed by atoms with Crippen molar-refractivity contribution in [3.8, 4) is 0 Å². The molecule has 2 bridgehead atoms. The molecule has 0 radical (unpaired) electrons. The van der Waals surface area contributed by atoms with Crippen molar-refractivity contribution in [2.75, 3.05) is 18.9 Å². The quantitative estimate of drug-likeness (QED) is 0.0620. The van der Waals surface area contributed by atoms with E-state index in [0.717, 1.165) is 0 Å². The highest BCUT2D eigenvalue weighted by Crippen LogP contribution is 2.61. The second kappa shape index (κ2) is 17.8. The smallest absolute Gasteiger partial charge is 0.386 e. The summed E-state index contributed by atoms with van der Waals surface area (Å²) in [5.41, 5.74) is 1.30. The van der Waals surface area contributed by atoms with Crippen LogP contribution in [0.4, 0.5) is 10.2 Å². The number of ether oxygens (including phenoxy) is 2. The first-order valence-electron chi connectivity index (χ1n) is 19.5. The summed E-state index contributed by atoms with van der Waals surface area (Å²) in [5, 5.41) is 0.142. The SMILES string of the molecule is CC(C)[Si](O)(O[Si](O[C@H]1[C@H]2OP(=S)(S)OC[C@H]3O[C@@H](n4cnc5c(N)ncnc54)[C@H](F)[C@@H]3OP(=O)(S)OC[C@H]1O[C@H]2n1cc(Cl)c2c(=O)[nH]cnc21)(C(C)C)C(C)C)C(C)C. The molecule has 19 nitrogen and oxygen atoms in total. The molecule has 4 aromatic heterocycles. The Labute approximate surface area is 373 Å².